The van der Waals surface area contributed by atoms with Crippen LogP contribution in [0.1, 0.15) is 50.3 Å². The fourth-order valence-electron chi connectivity index (χ4n) is 3.78. The van der Waals surface area contributed by atoms with Crippen molar-refractivity contribution < 1.29 is 4.74 Å². The average molecular weight is 551 g/mol. The number of aliphatic imine (C=N–C) groups is 1. The van der Waals surface area contributed by atoms with Crippen molar-refractivity contribution in [2.75, 3.05) is 20.1 Å². The van der Waals surface area contributed by atoms with Crippen molar-refractivity contribution in [3.05, 3.63) is 71.3 Å². The predicted octanol–water partition coefficient (Wildman–Crippen LogP) is 4.95. The number of guanidine groups is 1. The van der Waals surface area contributed by atoms with Gasteiger partial charge >= 0.3 is 0 Å². The number of nitrogens with one attached hydrogen (secondary N) is 2. The van der Waals surface area contributed by atoms with Crippen molar-refractivity contribution in [1.29, 1.82) is 0 Å². The van der Waals surface area contributed by atoms with E-state index in [2.05, 4.69) is 95.9 Å². The lowest BCUT2D eigenvalue weighted by Crippen LogP contribution is -2.48. The number of hydrogen-bond acceptors (Lipinski definition) is 3. The van der Waals surface area contributed by atoms with Gasteiger partial charge in [-0.1, -0.05) is 54.6 Å². The van der Waals surface area contributed by atoms with Gasteiger partial charge in [-0.05, 0) is 50.3 Å². The van der Waals surface area contributed by atoms with Crippen molar-refractivity contribution in [3.63, 3.8) is 0 Å². The van der Waals surface area contributed by atoms with Crippen molar-refractivity contribution in [2.24, 2.45) is 4.99 Å². The van der Waals surface area contributed by atoms with Crippen LogP contribution in [0.2, 0.25) is 0 Å². The Morgan fingerprint density at radius 2 is 1.66 bits per heavy atom. The Balaban J connectivity index is 0.00000363. The first-order valence-corrected chi connectivity index (χ1v) is 11.4. The van der Waals surface area contributed by atoms with E-state index in [9.17, 15) is 0 Å². The van der Waals surface area contributed by atoms with Crippen LogP contribution in [0.15, 0.2) is 59.6 Å². The molecule has 0 spiro atoms. The molecule has 0 bridgehead atoms. The summed E-state index contributed by atoms with van der Waals surface area (Å²) in [5.74, 6) is 0.873. The molecule has 5 nitrogen and oxygen atoms in total. The van der Waals surface area contributed by atoms with Crippen LogP contribution in [-0.4, -0.2) is 42.6 Å². The molecule has 1 saturated heterocycles. The van der Waals surface area contributed by atoms with E-state index in [1.807, 2.05) is 7.05 Å². The van der Waals surface area contributed by atoms with Gasteiger partial charge in [-0.2, -0.15) is 0 Å². The number of halogens is 1. The van der Waals surface area contributed by atoms with Gasteiger partial charge in [0.25, 0.3) is 0 Å². The summed E-state index contributed by atoms with van der Waals surface area (Å²) in [7, 11) is 1.84. The van der Waals surface area contributed by atoms with Gasteiger partial charge in [-0.3, -0.25) is 9.89 Å². The van der Waals surface area contributed by atoms with Crippen LogP contribution in [0.5, 0.6) is 0 Å². The number of hydrogen-bond donors (Lipinski definition) is 2. The number of rotatable bonds is 7. The molecule has 0 aromatic heterocycles. The number of likely N-dealkylation sites (tertiary alicyclic amines) is 1. The van der Waals surface area contributed by atoms with Crippen LogP contribution in [0.25, 0.3) is 0 Å². The minimum absolute atomic E-state index is 0. The predicted molar refractivity (Wildman–Crippen MR) is 144 cm³/mol. The maximum Gasteiger partial charge on any atom is 0.191 e. The lowest BCUT2D eigenvalue weighted by atomic mass is 10.0. The van der Waals surface area contributed by atoms with E-state index < -0.39 is 0 Å². The second-order valence-corrected chi connectivity index (χ2v) is 9.33. The quantitative estimate of drug-likeness (QED) is 0.291. The molecule has 0 unspecified atom stereocenters. The Morgan fingerprint density at radius 3 is 2.31 bits per heavy atom. The van der Waals surface area contributed by atoms with E-state index in [-0.39, 0.29) is 29.6 Å². The molecule has 0 amide bonds. The molecule has 32 heavy (non-hydrogen) atoms. The van der Waals surface area contributed by atoms with E-state index >= 15 is 0 Å². The normalized spacial score (nSPS) is 15.8. The third-order valence-corrected chi connectivity index (χ3v) is 5.52. The standard InChI is InChI=1S/C26H38N4O.HI/c1-26(2,3)31-20-23-12-8-11-22(17-23)18-28-25(27-4)29-24-13-15-30(16-14-24)19-21-9-6-5-7-10-21;/h5-12,17,24H,13-16,18-20H2,1-4H3,(H2,27,28,29);1H. The average Bonchev–Trinajstić information content (AvgIpc) is 2.77. The topological polar surface area (TPSA) is 48.9 Å². The second-order valence-electron chi connectivity index (χ2n) is 9.33. The van der Waals surface area contributed by atoms with Gasteiger partial charge in [0.15, 0.2) is 5.96 Å². The van der Waals surface area contributed by atoms with E-state index in [4.69, 9.17) is 4.74 Å². The molecule has 1 aliphatic heterocycles. The van der Waals surface area contributed by atoms with E-state index in [0.717, 1.165) is 45.0 Å². The summed E-state index contributed by atoms with van der Waals surface area (Å²) >= 11 is 0. The molecular formula is C26H39IN4O. The van der Waals surface area contributed by atoms with Gasteiger partial charge < -0.3 is 15.4 Å². The Labute approximate surface area is 211 Å². The lowest BCUT2D eigenvalue weighted by molar-refractivity contribution is -0.0149. The molecule has 1 heterocycles. The number of ether oxygens (including phenoxy) is 1. The zero-order valence-corrected chi connectivity index (χ0v) is 22.3. The highest BCUT2D eigenvalue weighted by atomic mass is 127. The first kappa shape index (κ1) is 26.6. The van der Waals surface area contributed by atoms with Gasteiger partial charge in [-0.25, -0.2) is 0 Å². The molecular weight excluding hydrogens is 511 g/mol. The van der Waals surface area contributed by atoms with E-state index in [1.165, 1.54) is 16.7 Å². The van der Waals surface area contributed by atoms with Gasteiger partial charge in [0.1, 0.15) is 0 Å². The maximum absolute atomic E-state index is 5.90. The molecule has 1 aliphatic rings. The molecule has 6 heteroatoms. The Morgan fingerprint density at radius 1 is 1.00 bits per heavy atom. The zero-order chi connectivity index (χ0) is 22.1. The van der Waals surface area contributed by atoms with Crippen molar-refractivity contribution in [2.45, 2.75) is 65.0 Å². The summed E-state index contributed by atoms with van der Waals surface area (Å²) in [5, 5.41) is 7.08. The maximum atomic E-state index is 5.90. The summed E-state index contributed by atoms with van der Waals surface area (Å²) in [5.41, 5.74) is 3.69. The van der Waals surface area contributed by atoms with Crippen LogP contribution in [0, 0.1) is 0 Å². The molecule has 2 N–H and O–H groups in total. The first-order chi connectivity index (χ1) is 14.9. The van der Waals surface area contributed by atoms with Crippen molar-refractivity contribution >= 4 is 29.9 Å². The van der Waals surface area contributed by atoms with Crippen molar-refractivity contribution in [1.82, 2.24) is 15.5 Å². The van der Waals surface area contributed by atoms with Crippen molar-refractivity contribution in [3.8, 4) is 0 Å². The molecule has 1 fully saturated rings. The molecule has 0 aliphatic carbocycles. The minimum Gasteiger partial charge on any atom is -0.371 e. The first-order valence-electron chi connectivity index (χ1n) is 11.4. The molecule has 0 saturated carbocycles. The fraction of sp³-hybridized carbons (Fsp3) is 0.500. The SMILES string of the molecule is CN=C(NCc1cccc(COC(C)(C)C)c1)NC1CCN(Cc2ccccc2)CC1.I. The monoisotopic (exact) mass is 550 g/mol. The van der Waals surface area contributed by atoms with Gasteiger partial charge in [0.05, 0.1) is 12.2 Å². The van der Waals surface area contributed by atoms with Crippen LogP contribution in [0.3, 0.4) is 0 Å². The highest BCUT2D eigenvalue weighted by molar-refractivity contribution is 14.0. The highest BCUT2D eigenvalue weighted by Gasteiger charge is 2.20. The molecule has 0 radical (unpaired) electrons. The summed E-state index contributed by atoms with van der Waals surface area (Å²) in [4.78, 5) is 6.97. The molecule has 3 rings (SSSR count). The second kappa shape index (κ2) is 13.2. The smallest absolute Gasteiger partial charge is 0.191 e. The molecule has 2 aromatic carbocycles. The zero-order valence-electron chi connectivity index (χ0n) is 19.9. The third kappa shape index (κ3) is 9.46. The Bertz CT molecular complexity index is 827. The number of benzene rings is 2. The van der Waals surface area contributed by atoms with Crippen LogP contribution < -0.4 is 10.6 Å². The van der Waals surface area contributed by atoms with Gasteiger partial charge in [0, 0.05) is 39.3 Å². The highest BCUT2D eigenvalue weighted by Crippen LogP contribution is 2.15. The third-order valence-electron chi connectivity index (χ3n) is 5.52. The minimum atomic E-state index is -0.128. The summed E-state index contributed by atoms with van der Waals surface area (Å²) in [6.45, 7) is 10.9. The van der Waals surface area contributed by atoms with Crippen LogP contribution >= 0.6 is 24.0 Å². The molecule has 2 aromatic rings. The Kier molecular flexibility index (Phi) is 10.9. The van der Waals surface area contributed by atoms with Crippen LogP contribution in [-0.2, 0) is 24.4 Å². The van der Waals surface area contributed by atoms with E-state index in [1.54, 1.807) is 0 Å². The van der Waals surface area contributed by atoms with Crippen LogP contribution in [0.4, 0.5) is 0 Å². The number of piperidine rings is 1. The summed E-state index contributed by atoms with van der Waals surface area (Å²) < 4.78 is 5.90. The Hall–Kier alpha value is -1.64. The summed E-state index contributed by atoms with van der Waals surface area (Å²) in [6, 6.07) is 19.7. The fourth-order valence-corrected chi connectivity index (χ4v) is 3.78. The van der Waals surface area contributed by atoms with Gasteiger partial charge in [-0.15, -0.1) is 24.0 Å². The molecule has 176 valence electrons. The summed E-state index contributed by atoms with van der Waals surface area (Å²) in [6.07, 6.45) is 2.26. The number of nitrogens with zero attached hydrogens (tertiary/aromatic N) is 2. The lowest BCUT2D eigenvalue weighted by Gasteiger charge is -2.33. The largest absolute Gasteiger partial charge is 0.371 e. The van der Waals surface area contributed by atoms with E-state index in [0.29, 0.717) is 12.6 Å². The molecule has 0 atom stereocenters. The van der Waals surface area contributed by atoms with Gasteiger partial charge in [0.2, 0.25) is 0 Å².